The van der Waals surface area contributed by atoms with E-state index in [0.29, 0.717) is 0 Å². The van der Waals surface area contributed by atoms with Gasteiger partial charge in [0.25, 0.3) is 0 Å². The highest BCUT2D eigenvalue weighted by atomic mass is 19.4. The third kappa shape index (κ3) is 7.20. The Morgan fingerprint density at radius 3 is 2.36 bits per heavy atom. The largest absolute Gasteiger partial charge is 0.392 e. The van der Waals surface area contributed by atoms with Gasteiger partial charge < -0.3 is 5.11 Å². The Kier molecular flexibility index (Phi) is 3.98. The van der Waals surface area contributed by atoms with Gasteiger partial charge in [0.15, 0.2) is 0 Å². The monoisotopic (exact) mass is 166 g/mol. The van der Waals surface area contributed by atoms with Crippen molar-refractivity contribution in [3.63, 3.8) is 0 Å². The molecular formula is C7H9F3O. The molecule has 1 unspecified atom stereocenters. The summed E-state index contributed by atoms with van der Waals surface area (Å²) in [5, 5.41) is 8.77. The summed E-state index contributed by atoms with van der Waals surface area (Å²) in [5.74, 6) is 2.09. The van der Waals surface area contributed by atoms with Crippen LogP contribution in [-0.2, 0) is 0 Å². The van der Waals surface area contributed by atoms with E-state index in [0.717, 1.165) is 0 Å². The van der Waals surface area contributed by atoms with Crippen LogP contribution >= 0.6 is 0 Å². The molecule has 0 saturated heterocycles. The maximum absolute atomic E-state index is 11.5. The zero-order chi connectivity index (χ0) is 8.91. The van der Waals surface area contributed by atoms with Gasteiger partial charge in [-0.2, -0.15) is 13.2 Å². The Balaban J connectivity index is 3.48. The number of alkyl halides is 3. The number of aliphatic hydroxyl groups is 1. The first-order valence-corrected chi connectivity index (χ1v) is 3.14. The molecule has 0 spiro atoms. The zero-order valence-electron chi connectivity index (χ0n) is 5.86. The van der Waals surface area contributed by atoms with Crippen molar-refractivity contribution >= 4 is 0 Å². The number of terminal acetylenes is 1. The van der Waals surface area contributed by atoms with Gasteiger partial charge in [-0.15, -0.1) is 12.3 Å². The van der Waals surface area contributed by atoms with Crippen molar-refractivity contribution in [2.24, 2.45) is 0 Å². The molecule has 4 heteroatoms. The maximum Gasteiger partial charge on any atom is 0.389 e. The number of hydrogen-bond donors (Lipinski definition) is 1. The molecule has 0 aliphatic carbocycles. The van der Waals surface area contributed by atoms with E-state index in [1.807, 2.05) is 0 Å². The summed E-state index contributed by atoms with van der Waals surface area (Å²) in [6.45, 7) is 0. The van der Waals surface area contributed by atoms with E-state index in [-0.39, 0.29) is 12.8 Å². The second-order valence-corrected chi connectivity index (χ2v) is 2.22. The highest BCUT2D eigenvalue weighted by molar-refractivity contribution is 4.86. The van der Waals surface area contributed by atoms with E-state index in [2.05, 4.69) is 5.92 Å². The summed E-state index contributed by atoms with van der Waals surface area (Å²) in [7, 11) is 0. The predicted octanol–water partition coefficient (Wildman–Crippen LogP) is 1.71. The van der Waals surface area contributed by atoms with Gasteiger partial charge >= 0.3 is 6.18 Å². The van der Waals surface area contributed by atoms with Gasteiger partial charge in [-0.1, -0.05) is 0 Å². The first kappa shape index (κ1) is 10.3. The molecule has 11 heavy (non-hydrogen) atoms. The van der Waals surface area contributed by atoms with E-state index in [9.17, 15) is 13.2 Å². The molecule has 0 aliphatic heterocycles. The van der Waals surface area contributed by atoms with Crippen molar-refractivity contribution in [3.05, 3.63) is 0 Å². The summed E-state index contributed by atoms with van der Waals surface area (Å²) >= 11 is 0. The van der Waals surface area contributed by atoms with E-state index in [4.69, 9.17) is 11.5 Å². The predicted molar refractivity (Wildman–Crippen MR) is 34.7 cm³/mol. The highest BCUT2D eigenvalue weighted by Crippen LogP contribution is 2.22. The van der Waals surface area contributed by atoms with Crippen LogP contribution in [0.1, 0.15) is 19.3 Å². The first-order chi connectivity index (χ1) is 4.95. The van der Waals surface area contributed by atoms with E-state index < -0.39 is 18.7 Å². The molecule has 0 aromatic heterocycles. The van der Waals surface area contributed by atoms with Crippen LogP contribution in [0.5, 0.6) is 0 Å². The lowest BCUT2D eigenvalue weighted by Crippen LogP contribution is -2.13. The lowest BCUT2D eigenvalue weighted by Gasteiger charge is -2.08. The molecule has 0 fully saturated rings. The minimum Gasteiger partial charge on any atom is -0.392 e. The molecule has 0 amide bonds. The second kappa shape index (κ2) is 4.24. The minimum absolute atomic E-state index is 0.0178. The second-order valence-electron chi connectivity index (χ2n) is 2.22. The lowest BCUT2D eigenvalue weighted by molar-refractivity contribution is -0.139. The van der Waals surface area contributed by atoms with Crippen molar-refractivity contribution in [1.29, 1.82) is 0 Å². The topological polar surface area (TPSA) is 20.2 Å². The molecule has 0 radical (unpaired) electrons. The lowest BCUT2D eigenvalue weighted by atomic mass is 10.1. The van der Waals surface area contributed by atoms with E-state index in [1.165, 1.54) is 0 Å². The number of hydrogen-bond acceptors (Lipinski definition) is 1. The van der Waals surface area contributed by atoms with Gasteiger partial charge in [-0.05, 0) is 6.42 Å². The van der Waals surface area contributed by atoms with Crippen LogP contribution in [0.15, 0.2) is 0 Å². The molecule has 0 aromatic rings. The SMILES string of the molecule is C#CCC(O)CCC(F)(F)F. The maximum atomic E-state index is 11.5. The van der Waals surface area contributed by atoms with Crippen LogP contribution in [-0.4, -0.2) is 17.4 Å². The van der Waals surface area contributed by atoms with Gasteiger partial charge in [-0.3, -0.25) is 0 Å². The fourth-order valence-corrected chi connectivity index (χ4v) is 0.568. The Morgan fingerprint density at radius 2 is 2.00 bits per heavy atom. The normalized spacial score (nSPS) is 14.1. The molecule has 0 heterocycles. The number of halogens is 3. The van der Waals surface area contributed by atoms with Crippen molar-refractivity contribution in [1.82, 2.24) is 0 Å². The molecular weight excluding hydrogens is 157 g/mol. The molecule has 1 atom stereocenters. The first-order valence-electron chi connectivity index (χ1n) is 3.14. The van der Waals surface area contributed by atoms with Crippen LogP contribution in [0.4, 0.5) is 13.2 Å². The minimum atomic E-state index is -4.20. The van der Waals surface area contributed by atoms with Gasteiger partial charge in [-0.25, -0.2) is 0 Å². The summed E-state index contributed by atoms with van der Waals surface area (Å²) in [6, 6.07) is 0. The quantitative estimate of drug-likeness (QED) is 0.633. The molecule has 0 saturated carbocycles. The van der Waals surface area contributed by atoms with E-state index in [1.54, 1.807) is 0 Å². The molecule has 0 rings (SSSR count). The van der Waals surface area contributed by atoms with Gasteiger partial charge in [0.05, 0.1) is 6.10 Å². The summed E-state index contributed by atoms with van der Waals surface area (Å²) in [4.78, 5) is 0. The fraction of sp³-hybridized carbons (Fsp3) is 0.714. The van der Waals surface area contributed by atoms with E-state index >= 15 is 0 Å². The van der Waals surface area contributed by atoms with Crippen LogP contribution in [0.25, 0.3) is 0 Å². The summed E-state index contributed by atoms with van der Waals surface area (Å²) < 4.78 is 34.5. The van der Waals surface area contributed by atoms with Crippen LogP contribution in [0.2, 0.25) is 0 Å². The van der Waals surface area contributed by atoms with Crippen molar-refractivity contribution in [2.75, 3.05) is 0 Å². The molecule has 1 nitrogen and oxygen atoms in total. The van der Waals surface area contributed by atoms with Crippen LogP contribution in [0, 0.1) is 12.3 Å². The van der Waals surface area contributed by atoms with Gasteiger partial charge in [0.1, 0.15) is 0 Å². The summed E-state index contributed by atoms with van der Waals surface area (Å²) in [5.41, 5.74) is 0. The Hall–Kier alpha value is -0.690. The van der Waals surface area contributed by atoms with Gasteiger partial charge in [0, 0.05) is 12.8 Å². The van der Waals surface area contributed by atoms with Crippen molar-refractivity contribution < 1.29 is 18.3 Å². The molecule has 0 bridgehead atoms. The molecule has 0 aromatic carbocycles. The Morgan fingerprint density at radius 1 is 1.45 bits per heavy atom. The Bertz CT molecular complexity index is 145. The smallest absolute Gasteiger partial charge is 0.389 e. The van der Waals surface area contributed by atoms with Crippen molar-refractivity contribution in [2.45, 2.75) is 31.5 Å². The summed E-state index contributed by atoms with van der Waals surface area (Å²) in [6.07, 6.45) is -1.75. The molecule has 0 aliphatic rings. The van der Waals surface area contributed by atoms with Crippen molar-refractivity contribution in [3.8, 4) is 12.3 Å². The number of rotatable bonds is 3. The molecule has 64 valence electrons. The average Bonchev–Trinajstić information content (AvgIpc) is 1.83. The van der Waals surface area contributed by atoms with Crippen LogP contribution < -0.4 is 0 Å². The Labute approximate surface area is 63.2 Å². The average molecular weight is 166 g/mol. The third-order valence-electron chi connectivity index (χ3n) is 1.11. The molecule has 1 N–H and O–H groups in total. The zero-order valence-corrected chi connectivity index (χ0v) is 5.86. The standard InChI is InChI=1S/C7H9F3O/c1-2-3-6(11)4-5-7(8,9)10/h1,6,11H,3-5H2. The third-order valence-corrected chi connectivity index (χ3v) is 1.11. The number of aliphatic hydroxyl groups excluding tert-OH is 1. The fourth-order valence-electron chi connectivity index (χ4n) is 0.568. The van der Waals surface area contributed by atoms with Crippen LogP contribution in [0.3, 0.4) is 0 Å². The van der Waals surface area contributed by atoms with Gasteiger partial charge in [0.2, 0.25) is 0 Å². The highest BCUT2D eigenvalue weighted by Gasteiger charge is 2.27.